The van der Waals surface area contributed by atoms with E-state index in [0.717, 1.165) is 25.3 Å². The Morgan fingerprint density at radius 2 is 1.44 bits per heavy atom. The van der Waals surface area contributed by atoms with Crippen molar-refractivity contribution in [3.05, 3.63) is 71.0 Å². The molecule has 1 heterocycles. The van der Waals surface area contributed by atoms with E-state index in [2.05, 4.69) is 43.0 Å². The average molecular weight is 339 g/mol. The van der Waals surface area contributed by atoms with E-state index in [1.807, 2.05) is 12.1 Å². The number of hydrogen-bond acceptors (Lipinski definition) is 1. The molecule has 0 amide bonds. The minimum Gasteiger partial charge on any atom is -0.299 e. The van der Waals surface area contributed by atoms with E-state index in [1.165, 1.54) is 42.6 Å². The van der Waals surface area contributed by atoms with Gasteiger partial charge in [-0.25, -0.2) is 4.39 Å². The van der Waals surface area contributed by atoms with Crippen LogP contribution < -0.4 is 0 Å². The quantitative estimate of drug-likeness (QED) is 0.673. The second-order valence-electron chi connectivity index (χ2n) is 7.96. The van der Waals surface area contributed by atoms with Gasteiger partial charge in [0.1, 0.15) is 5.82 Å². The van der Waals surface area contributed by atoms with Gasteiger partial charge in [-0.3, -0.25) is 4.90 Å². The Balaban J connectivity index is 1.45. The van der Waals surface area contributed by atoms with Crippen LogP contribution in [0.3, 0.4) is 0 Å². The van der Waals surface area contributed by atoms with E-state index in [-0.39, 0.29) is 5.82 Å². The SMILES string of the molecule is CC(C)Cc1ccc(CN2CCC(Cc3ccc(F)cc3)CC2)cc1. The van der Waals surface area contributed by atoms with Gasteiger partial charge in [0.25, 0.3) is 0 Å². The van der Waals surface area contributed by atoms with Crippen LogP contribution in [0.25, 0.3) is 0 Å². The van der Waals surface area contributed by atoms with Crippen LogP contribution in [0.4, 0.5) is 4.39 Å². The third kappa shape index (κ3) is 5.67. The maximum absolute atomic E-state index is 13.0. The highest BCUT2D eigenvalue weighted by Crippen LogP contribution is 2.23. The van der Waals surface area contributed by atoms with Gasteiger partial charge in [0.2, 0.25) is 0 Å². The number of halogens is 1. The fourth-order valence-corrected chi connectivity index (χ4v) is 3.81. The van der Waals surface area contributed by atoms with Crippen molar-refractivity contribution in [1.82, 2.24) is 4.90 Å². The number of hydrogen-bond donors (Lipinski definition) is 0. The minimum absolute atomic E-state index is 0.141. The average Bonchev–Trinajstić information content (AvgIpc) is 2.60. The van der Waals surface area contributed by atoms with Crippen LogP contribution in [-0.4, -0.2) is 18.0 Å². The first kappa shape index (κ1) is 18.1. The molecule has 134 valence electrons. The normalized spacial score (nSPS) is 16.5. The summed E-state index contributed by atoms with van der Waals surface area (Å²) in [5.41, 5.74) is 4.13. The lowest BCUT2D eigenvalue weighted by Crippen LogP contribution is -2.33. The molecule has 1 aliphatic heterocycles. The first-order valence-corrected chi connectivity index (χ1v) is 9.63. The van der Waals surface area contributed by atoms with Crippen LogP contribution >= 0.6 is 0 Å². The van der Waals surface area contributed by atoms with Crippen LogP contribution in [0, 0.1) is 17.7 Å². The predicted molar refractivity (Wildman–Crippen MR) is 103 cm³/mol. The minimum atomic E-state index is -0.141. The molecule has 0 aromatic heterocycles. The number of nitrogens with zero attached hydrogens (tertiary/aromatic N) is 1. The molecule has 0 atom stereocenters. The van der Waals surface area contributed by atoms with Gasteiger partial charge in [-0.05, 0) is 79.4 Å². The third-order valence-corrected chi connectivity index (χ3v) is 5.22. The Labute approximate surface area is 151 Å². The molecule has 0 spiro atoms. The summed E-state index contributed by atoms with van der Waals surface area (Å²) in [6.45, 7) is 7.93. The summed E-state index contributed by atoms with van der Waals surface area (Å²) in [6, 6.07) is 16.2. The highest BCUT2D eigenvalue weighted by Gasteiger charge is 2.19. The zero-order valence-corrected chi connectivity index (χ0v) is 15.5. The predicted octanol–water partition coefficient (Wildman–Crippen LogP) is 5.48. The first-order chi connectivity index (χ1) is 12.1. The zero-order chi connectivity index (χ0) is 17.6. The molecule has 2 aromatic rings. The second kappa shape index (κ2) is 8.62. The lowest BCUT2D eigenvalue weighted by atomic mass is 9.90. The Kier molecular flexibility index (Phi) is 6.25. The fourth-order valence-electron chi connectivity index (χ4n) is 3.81. The van der Waals surface area contributed by atoms with Crippen LogP contribution in [0.1, 0.15) is 43.4 Å². The summed E-state index contributed by atoms with van der Waals surface area (Å²) < 4.78 is 13.0. The van der Waals surface area contributed by atoms with Crippen molar-refractivity contribution in [3.63, 3.8) is 0 Å². The Morgan fingerprint density at radius 3 is 2.04 bits per heavy atom. The molecule has 2 aromatic carbocycles. The second-order valence-corrected chi connectivity index (χ2v) is 7.96. The lowest BCUT2D eigenvalue weighted by Gasteiger charge is -2.32. The van der Waals surface area contributed by atoms with Crippen molar-refractivity contribution in [2.75, 3.05) is 13.1 Å². The van der Waals surface area contributed by atoms with E-state index >= 15 is 0 Å². The van der Waals surface area contributed by atoms with Gasteiger partial charge >= 0.3 is 0 Å². The van der Waals surface area contributed by atoms with Crippen molar-refractivity contribution in [2.24, 2.45) is 11.8 Å². The molecular formula is C23H30FN. The van der Waals surface area contributed by atoms with Crippen molar-refractivity contribution in [1.29, 1.82) is 0 Å². The van der Waals surface area contributed by atoms with Gasteiger partial charge in [0.05, 0.1) is 0 Å². The molecule has 1 saturated heterocycles. The van der Waals surface area contributed by atoms with E-state index in [4.69, 9.17) is 0 Å². The summed E-state index contributed by atoms with van der Waals surface area (Å²) in [6.07, 6.45) is 4.72. The topological polar surface area (TPSA) is 3.24 Å². The van der Waals surface area contributed by atoms with Crippen molar-refractivity contribution in [3.8, 4) is 0 Å². The van der Waals surface area contributed by atoms with Gasteiger partial charge in [0, 0.05) is 6.54 Å². The van der Waals surface area contributed by atoms with Gasteiger partial charge in [-0.15, -0.1) is 0 Å². The summed E-state index contributed by atoms with van der Waals surface area (Å²) in [4.78, 5) is 2.57. The van der Waals surface area contributed by atoms with E-state index in [1.54, 1.807) is 12.1 Å². The summed E-state index contributed by atoms with van der Waals surface area (Å²) in [7, 11) is 0. The maximum atomic E-state index is 13.0. The Bertz CT molecular complexity index is 637. The standard InChI is InChI=1S/C23H30FN/c1-18(2)15-19-3-5-22(6-4-19)17-25-13-11-21(12-14-25)16-20-7-9-23(24)10-8-20/h3-10,18,21H,11-17H2,1-2H3. The van der Waals surface area contributed by atoms with Crippen LogP contribution in [0.5, 0.6) is 0 Å². The van der Waals surface area contributed by atoms with Crippen molar-refractivity contribution in [2.45, 2.75) is 46.1 Å². The molecule has 1 nitrogen and oxygen atoms in total. The van der Waals surface area contributed by atoms with Gasteiger partial charge in [-0.1, -0.05) is 50.2 Å². The van der Waals surface area contributed by atoms with E-state index < -0.39 is 0 Å². The van der Waals surface area contributed by atoms with Crippen LogP contribution in [-0.2, 0) is 19.4 Å². The summed E-state index contributed by atoms with van der Waals surface area (Å²) in [5.74, 6) is 1.30. The molecule has 1 aliphatic rings. The molecular weight excluding hydrogens is 309 g/mol. The summed E-state index contributed by atoms with van der Waals surface area (Å²) in [5, 5.41) is 0. The molecule has 0 radical (unpaired) electrons. The molecule has 2 heteroatoms. The Hall–Kier alpha value is -1.67. The largest absolute Gasteiger partial charge is 0.299 e. The van der Waals surface area contributed by atoms with Crippen LogP contribution in [0.2, 0.25) is 0 Å². The molecule has 0 unspecified atom stereocenters. The van der Waals surface area contributed by atoms with Gasteiger partial charge in [-0.2, -0.15) is 0 Å². The van der Waals surface area contributed by atoms with Gasteiger partial charge in [0.15, 0.2) is 0 Å². The zero-order valence-electron chi connectivity index (χ0n) is 15.5. The van der Waals surface area contributed by atoms with Crippen molar-refractivity contribution < 1.29 is 4.39 Å². The first-order valence-electron chi connectivity index (χ1n) is 9.63. The lowest BCUT2D eigenvalue weighted by molar-refractivity contribution is 0.177. The van der Waals surface area contributed by atoms with Gasteiger partial charge < -0.3 is 0 Å². The fraction of sp³-hybridized carbons (Fsp3) is 0.478. The highest BCUT2D eigenvalue weighted by atomic mass is 19.1. The van der Waals surface area contributed by atoms with Crippen molar-refractivity contribution >= 4 is 0 Å². The monoisotopic (exact) mass is 339 g/mol. The number of rotatable bonds is 6. The van der Waals surface area contributed by atoms with Crippen LogP contribution in [0.15, 0.2) is 48.5 Å². The number of likely N-dealkylation sites (tertiary alicyclic amines) is 1. The molecule has 0 bridgehead atoms. The molecule has 3 rings (SSSR count). The maximum Gasteiger partial charge on any atom is 0.123 e. The third-order valence-electron chi connectivity index (χ3n) is 5.22. The van der Waals surface area contributed by atoms with E-state index in [9.17, 15) is 4.39 Å². The Morgan fingerprint density at radius 1 is 0.880 bits per heavy atom. The smallest absolute Gasteiger partial charge is 0.123 e. The number of piperidine rings is 1. The number of benzene rings is 2. The highest BCUT2D eigenvalue weighted by molar-refractivity contribution is 5.23. The molecule has 0 saturated carbocycles. The molecule has 0 aliphatic carbocycles. The molecule has 1 fully saturated rings. The molecule has 0 N–H and O–H groups in total. The van der Waals surface area contributed by atoms with E-state index in [0.29, 0.717) is 5.92 Å². The summed E-state index contributed by atoms with van der Waals surface area (Å²) >= 11 is 0. The molecule has 25 heavy (non-hydrogen) atoms.